The smallest absolute Gasteiger partial charge is 0.212 e. The number of aromatic nitrogens is 3. The summed E-state index contributed by atoms with van der Waals surface area (Å²) in [5, 5.41) is 14.8. The van der Waals surface area contributed by atoms with Crippen LogP contribution in [0.5, 0.6) is 0 Å². The fourth-order valence-electron chi connectivity index (χ4n) is 1.38. The molecule has 4 nitrogen and oxygen atoms in total. The Labute approximate surface area is 92.6 Å². The standard InChI is InChI=1S/C10H15N3OS/c1-6-7(5-14)13-9(11-6)15-8(12-13)10(2,3)4/h14H,5H2,1-4H3. The summed E-state index contributed by atoms with van der Waals surface area (Å²) in [6, 6.07) is 0. The lowest BCUT2D eigenvalue weighted by Crippen LogP contribution is -2.11. The highest BCUT2D eigenvalue weighted by Crippen LogP contribution is 2.28. The van der Waals surface area contributed by atoms with Crippen LogP contribution in [0.1, 0.15) is 37.2 Å². The van der Waals surface area contributed by atoms with Crippen molar-refractivity contribution in [2.75, 3.05) is 0 Å². The molecule has 0 radical (unpaired) electrons. The molecule has 0 atom stereocenters. The van der Waals surface area contributed by atoms with E-state index in [-0.39, 0.29) is 12.0 Å². The van der Waals surface area contributed by atoms with Gasteiger partial charge in [0.25, 0.3) is 0 Å². The minimum atomic E-state index is -0.0136. The van der Waals surface area contributed by atoms with Crippen molar-refractivity contribution in [3.8, 4) is 0 Å². The van der Waals surface area contributed by atoms with Crippen LogP contribution in [0.25, 0.3) is 4.96 Å². The van der Waals surface area contributed by atoms with Crippen LogP contribution in [0.15, 0.2) is 0 Å². The van der Waals surface area contributed by atoms with Crippen molar-refractivity contribution in [2.45, 2.75) is 39.7 Å². The zero-order valence-corrected chi connectivity index (χ0v) is 10.2. The Hall–Kier alpha value is -0.940. The average Bonchev–Trinajstić information content (AvgIpc) is 2.59. The van der Waals surface area contributed by atoms with Crippen LogP contribution in [-0.4, -0.2) is 19.7 Å². The van der Waals surface area contributed by atoms with E-state index in [1.54, 1.807) is 15.9 Å². The SMILES string of the molecule is Cc1nc2sc(C(C)(C)C)nn2c1CO. The van der Waals surface area contributed by atoms with Crippen LogP contribution >= 0.6 is 11.3 Å². The first kappa shape index (κ1) is 10.6. The topological polar surface area (TPSA) is 50.4 Å². The lowest BCUT2D eigenvalue weighted by Gasteiger charge is -2.12. The molecule has 0 unspecified atom stereocenters. The molecular formula is C10H15N3OS. The molecule has 0 fully saturated rings. The van der Waals surface area contributed by atoms with Gasteiger partial charge < -0.3 is 5.11 Å². The van der Waals surface area contributed by atoms with Crippen LogP contribution in [0.3, 0.4) is 0 Å². The van der Waals surface area contributed by atoms with E-state index in [1.807, 2.05) is 6.92 Å². The van der Waals surface area contributed by atoms with Gasteiger partial charge in [-0.1, -0.05) is 32.1 Å². The first-order chi connectivity index (χ1) is 6.93. The molecule has 0 amide bonds. The fraction of sp³-hybridized carbons (Fsp3) is 0.600. The second kappa shape index (κ2) is 3.28. The molecule has 0 aliphatic carbocycles. The van der Waals surface area contributed by atoms with E-state index >= 15 is 0 Å². The van der Waals surface area contributed by atoms with Crippen molar-refractivity contribution in [3.05, 3.63) is 16.4 Å². The van der Waals surface area contributed by atoms with Gasteiger partial charge in [-0.3, -0.25) is 0 Å². The number of hydrogen-bond acceptors (Lipinski definition) is 4. The van der Waals surface area contributed by atoms with E-state index < -0.39 is 0 Å². The number of fused-ring (bicyclic) bond motifs is 1. The second-order valence-corrected chi connectivity index (χ2v) is 5.61. The summed E-state index contributed by atoms with van der Waals surface area (Å²) in [6.45, 7) is 8.24. The predicted molar refractivity (Wildman–Crippen MR) is 60.2 cm³/mol. The molecule has 0 spiro atoms. The van der Waals surface area contributed by atoms with E-state index in [0.717, 1.165) is 21.4 Å². The number of aryl methyl sites for hydroxylation is 1. The number of imidazole rings is 1. The van der Waals surface area contributed by atoms with Gasteiger partial charge in [-0.2, -0.15) is 5.10 Å². The molecule has 5 heteroatoms. The molecule has 0 aliphatic rings. The highest BCUT2D eigenvalue weighted by Gasteiger charge is 2.21. The summed E-state index contributed by atoms with van der Waals surface area (Å²) in [7, 11) is 0. The van der Waals surface area contributed by atoms with Crippen LogP contribution in [0, 0.1) is 6.92 Å². The molecule has 82 valence electrons. The lowest BCUT2D eigenvalue weighted by atomic mass is 9.98. The van der Waals surface area contributed by atoms with Gasteiger partial charge >= 0.3 is 0 Å². The molecule has 0 bridgehead atoms. The van der Waals surface area contributed by atoms with Gasteiger partial charge in [0.05, 0.1) is 18.0 Å². The maximum atomic E-state index is 9.22. The van der Waals surface area contributed by atoms with Crippen LogP contribution in [-0.2, 0) is 12.0 Å². The Morgan fingerprint density at radius 2 is 2.07 bits per heavy atom. The lowest BCUT2D eigenvalue weighted by molar-refractivity contribution is 0.273. The minimum absolute atomic E-state index is 0.0136. The van der Waals surface area contributed by atoms with Crippen molar-refractivity contribution >= 4 is 16.3 Å². The van der Waals surface area contributed by atoms with Gasteiger partial charge in [-0.05, 0) is 6.92 Å². The molecule has 15 heavy (non-hydrogen) atoms. The average molecular weight is 225 g/mol. The third kappa shape index (κ3) is 1.66. The molecule has 0 saturated carbocycles. The summed E-state index contributed by atoms with van der Waals surface area (Å²) in [6.07, 6.45) is 0. The van der Waals surface area contributed by atoms with Gasteiger partial charge in [0.2, 0.25) is 4.96 Å². The monoisotopic (exact) mass is 225 g/mol. The zero-order valence-electron chi connectivity index (χ0n) is 9.40. The van der Waals surface area contributed by atoms with Crippen molar-refractivity contribution < 1.29 is 5.11 Å². The maximum Gasteiger partial charge on any atom is 0.212 e. The van der Waals surface area contributed by atoms with E-state index in [1.165, 1.54) is 0 Å². The van der Waals surface area contributed by atoms with E-state index in [2.05, 4.69) is 30.9 Å². The maximum absolute atomic E-state index is 9.22. The van der Waals surface area contributed by atoms with Crippen LogP contribution < -0.4 is 0 Å². The van der Waals surface area contributed by atoms with Crippen molar-refractivity contribution in [2.24, 2.45) is 0 Å². The quantitative estimate of drug-likeness (QED) is 0.806. The molecular weight excluding hydrogens is 210 g/mol. The summed E-state index contributed by atoms with van der Waals surface area (Å²) < 4.78 is 1.75. The largest absolute Gasteiger partial charge is 0.390 e. The number of rotatable bonds is 1. The Balaban J connectivity index is 2.63. The minimum Gasteiger partial charge on any atom is -0.390 e. The third-order valence-electron chi connectivity index (χ3n) is 2.29. The van der Waals surface area contributed by atoms with Gasteiger partial charge in [0, 0.05) is 5.41 Å². The molecule has 2 heterocycles. The Bertz CT molecular complexity index is 492. The second-order valence-electron chi connectivity index (χ2n) is 4.65. The number of hydrogen-bond donors (Lipinski definition) is 1. The normalized spacial score (nSPS) is 12.6. The fourth-order valence-corrected chi connectivity index (χ4v) is 2.40. The molecule has 2 aromatic heterocycles. The van der Waals surface area contributed by atoms with Gasteiger partial charge in [-0.25, -0.2) is 9.50 Å². The van der Waals surface area contributed by atoms with Crippen molar-refractivity contribution in [1.82, 2.24) is 14.6 Å². The highest BCUT2D eigenvalue weighted by molar-refractivity contribution is 7.16. The summed E-state index contributed by atoms with van der Waals surface area (Å²) in [4.78, 5) is 5.24. The van der Waals surface area contributed by atoms with Gasteiger partial charge in [0.1, 0.15) is 5.01 Å². The molecule has 1 N–H and O–H groups in total. The molecule has 2 rings (SSSR count). The zero-order chi connectivity index (χ0) is 11.2. The van der Waals surface area contributed by atoms with Crippen molar-refractivity contribution in [1.29, 1.82) is 0 Å². The number of aliphatic hydroxyl groups excluding tert-OH is 1. The van der Waals surface area contributed by atoms with Gasteiger partial charge in [0.15, 0.2) is 0 Å². The van der Waals surface area contributed by atoms with E-state index in [9.17, 15) is 5.11 Å². The predicted octanol–water partition coefficient (Wildman–Crippen LogP) is 1.89. The summed E-state index contributed by atoms with van der Waals surface area (Å²) in [5.41, 5.74) is 1.68. The first-order valence-electron chi connectivity index (χ1n) is 4.90. The van der Waals surface area contributed by atoms with Crippen LogP contribution in [0.2, 0.25) is 0 Å². The highest BCUT2D eigenvalue weighted by atomic mass is 32.1. The summed E-state index contributed by atoms with van der Waals surface area (Å²) in [5.74, 6) is 0. The van der Waals surface area contributed by atoms with E-state index in [0.29, 0.717) is 0 Å². The molecule has 2 aromatic rings. The molecule has 0 aromatic carbocycles. The Morgan fingerprint density at radius 1 is 1.40 bits per heavy atom. The van der Waals surface area contributed by atoms with Crippen LogP contribution in [0.4, 0.5) is 0 Å². The number of nitrogens with zero attached hydrogens (tertiary/aromatic N) is 3. The third-order valence-corrected chi connectivity index (χ3v) is 3.62. The van der Waals surface area contributed by atoms with Crippen molar-refractivity contribution in [3.63, 3.8) is 0 Å². The molecule has 0 saturated heterocycles. The Morgan fingerprint density at radius 3 is 2.60 bits per heavy atom. The van der Waals surface area contributed by atoms with E-state index in [4.69, 9.17) is 0 Å². The summed E-state index contributed by atoms with van der Waals surface area (Å²) >= 11 is 1.58. The Kier molecular flexibility index (Phi) is 2.31. The number of aliphatic hydroxyl groups is 1. The molecule has 0 aliphatic heterocycles. The first-order valence-corrected chi connectivity index (χ1v) is 5.71. The van der Waals surface area contributed by atoms with Gasteiger partial charge in [-0.15, -0.1) is 0 Å².